The summed E-state index contributed by atoms with van der Waals surface area (Å²) in [5, 5.41) is 0.229. The van der Waals surface area contributed by atoms with Crippen LogP contribution in [-0.4, -0.2) is 11.2 Å². The average Bonchev–Trinajstić information content (AvgIpc) is 2.18. The SMILES string of the molecule is C[C@@H]1[C@@H](C)CC(=O)[C@@H]2C[C@H](Cl)CC[C@]12C. The van der Waals surface area contributed by atoms with Crippen molar-refractivity contribution >= 4 is 17.4 Å². The van der Waals surface area contributed by atoms with Crippen LogP contribution in [0.2, 0.25) is 0 Å². The number of hydrogen-bond acceptors (Lipinski definition) is 1. The quantitative estimate of drug-likeness (QED) is 0.579. The minimum absolute atomic E-state index is 0.222. The molecule has 0 N–H and O–H groups in total. The molecule has 0 aliphatic heterocycles. The van der Waals surface area contributed by atoms with Crippen LogP contribution in [0.25, 0.3) is 0 Å². The fourth-order valence-corrected chi connectivity index (χ4v) is 3.90. The van der Waals surface area contributed by atoms with Crippen LogP contribution in [-0.2, 0) is 4.79 Å². The second-order valence-corrected chi connectivity index (χ2v) is 6.48. The Bertz CT molecular complexity index is 276. The molecule has 0 saturated heterocycles. The van der Waals surface area contributed by atoms with Gasteiger partial charge in [-0.3, -0.25) is 4.79 Å². The van der Waals surface area contributed by atoms with Gasteiger partial charge < -0.3 is 0 Å². The Kier molecular flexibility index (Phi) is 2.87. The van der Waals surface area contributed by atoms with Gasteiger partial charge >= 0.3 is 0 Å². The van der Waals surface area contributed by atoms with Crippen molar-refractivity contribution in [2.45, 2.75) is 51.8 Å². The maximum absolute atomic E-state index is 12.1. The van der Waals surface area contributed by atoms with Crippen molar-refractivity contribution < 1.29 is 4.79 Å². The molecule has 1 nitrogen and oxygen atoms in total. The minimum atomic E-state index is 0.222. The lowest BCUT2D eigenvalue weighted by Crippen LogP contribution is -2.49. The zero-order valence-corrected chi connectivity index (χ0v) is 10.7. The van der Waals surface area contributed by atoms with Gasteiger partial charge in [0.25, 0.3) is 0 Å². The lowest BCUT2D eigenvalue weighted by atomic mass is 9.53. The fourth-order valence-electron chi connectivity index (χ4n) is 3.62. The molecule has 2 aliphatic rings. The maximum atomic E-state index is 12.1. The largest absolute Gasteiger partial charge is 0.299 e. The topological polar surface area (TPSA) is 17.1 Å². The highest BCUT2D eigenvalue weighted by molar-refractivity contribution is 6.20. The molecule has 2 aliphatic carbocycles. The van der Waals surface area contributed by atoms with Crippen LogP contribution in [0.4, 0.5) is 0 Å². The predicted octanol–water partition coefficient (Wildman–Crippen LogP) is 3.65. The average molecular weight is 229 g/mol. The molecule has 15 heavy (non-hydrogen) atoms. The molecule has 2 fully saturated rings. The Morgan fingerprint density at radius 1 is 1.40 bits per heavy atom. The first-order valence-corrected chi connectivity index (χ1v) is 6.55. The van der Waals surface area contributed by atoms with Crippen molar-refractivity contribution in [1.82, 2.24) is 0 Å². The van der Waals surface area contributed by atoms with Gasteiger partial charge in [-0.25, -0.2) is 0 Å². The highest BCUT2D eigenvalue weighted by Crippen LogP contribution is 2.54. The van der Waals surface area contributed by atoms with E-state index in [4.69, 9.17) is 11.6 Å². The normalized spacial score (nSPS) is 51.3. The van der Waals surface area contributed by atoms with Gasteiger partial charge in [-0.05, 0) is 36.5 Å². The third-order valence-electron chi connectivity index (χ3n) is 5.09. The number of alkyl halides is 1. The monoisotopic (exact) mass is 228 g/mol. The van der Waals surface area contributed by atoms with E-state index in [1.165, 1.54) is 0 Å². The van der Waals surface area contributed by atoms with E-state index < -0.39 is 0 Å². The summed E-state index contributed by atoms with van der Waals surface area (Å²) >= 11 is 6.20. The van der Waals surface area contributed by atoms with Gasteiger partial charge in [0.05, 0.1) is 0 Å². The van der Waals surface area contributed by atoms with Crippen LogP contribution in [0.1, 0.15) is 46.5 Å². The standard InChI is InChI=1S/C13H21ClO/c1-8-6-12(15)11-7-10(14)4-5-13(11,3)9(8)2/h8-11H,4-7H2,1-3H3/t8-,9+,10+,11-,13+/m0/s1. The van der Waals surface area contributed by atoms with Gasteiger partial charge in [0, 0.05) is 17.7 Å². The molecule has 0 radical (unpaired) electrons. The van der Waals surface area contributed by atoms with Crippen molar-refractivity contribution in [3.63, 3.8) is 0 Å². The molecular weight excluding hydrogens is 208 g/mol. The van der Waals surface area contributed by atoms with Crippen molar-refractivity contribution in [1.29, 1.82) is 0 Å². The fraction of sp³-hybridized carbons (Fsp3) is 0.923. The molecule has 5 atom stereocenters. The van der Waals surface area contributed by atoms with E-state index in [1.807, 2.05) is 0 Å². The molecule has 0 aromatic heterocycles. The Labute approximate surface area is 97.6 Å². The zero-order chi connectivity index (χ0) is 11.2. The Morgan fingerprint density at radius 2 is 2.07 bits per heavy atom. The zero-order valence-electron chi connectivity index (χ0n) is 9.92. The lowest BCUT2D eigenvalue weighted by molar-refractivity contribution is -0.139. The molecule has 0 amide bonds. The van der Waals surface area contributed by atoms with Crippen molar-refractivity contribution in [2.24, 2.45) is 23.2 Å². The van der Waals surface area contributed by atoms with Crippen LogP contribution in [0.5, 0.6) is 0 Å². The molecule has 2 rings (SSSR count). The maximum Gasteiger partial charge on any atom is 0.136 e. The summed E-state index contributed by atoms with van der Waals surface area (Å²) in [6, 6.07) is 0. The third kappa shape index (κ3) is 1.73. The van der Waals surface area contributed by atoms with Crippen LogP contribution >= 0.6 is 11.6 Å². The van der Waals surface area contributed by atoms with E-state index in [0.717, 1.165) is 25.7 Å². The number of Topliss-reactive ketones (excluding diaryl/α,β-unsaturated/α-hetero) is 1. The van der Waals surface area contributed by atoms with E-state index in [2.05, 4.69) is 20.8 Å². The third-order valence-corrected chi connectivity index (χ3v) is 5.49. The second-order valence-electron chi connectivity index (χ2n) is 5.87. The number of rotatable bonds is 0. The summed E-state index contributed by atoms with van der Waals surface area (Å²) in [6.07, 6.45) is 3.89. The molecule has 2 saturated carbocycles. The Hall–Kier alpha value is -0.0400. The van der Waals surface area contributed by atoms with Gasteiger partial charge in [-0.15, -0.1) is 11.6 Å². The molecule has 0 spiro atoms. The first-order valence-electron chi connectivity index (χ1n) is 6.12. The molecule has 0 bridgehead atoms. The predicted molar refractivity (Wildman–Crippen MR) is 63.0 cm³/mol. The summed E-state index contributed by atoms with van der Waals surface area (Å²) in [6.45, 7) is 6.84. The van der Waals surface area contributed by atoms with Gasteiger partial charge in [0.15, 0.2) is 0 Å². The van der Waals surface area contributed by atoms with Gasteiger partial charge in [0.2, 0.25) is 0 Å². The van der Waals surface area contributed by atoms with Crippen LogP contribution in [0, 0.1) is 23.2 Å². The first-order chi connectivity index (χ1) is 6.95. The number of ketones is 1. The number of carbonyl (C=O) groups excluding carboxylic acids is 1. The van der Waals surface area contributed by atoms with Crippen molar-refractivity contribution in [3.8, 4) is 0 Å². The van der Waals surface area contributed by atoms with E-state index in [-0.39, 0.29) is 16.7 Å². The summed E-state index contributed by atoms with van der Waals surface area (Å²) in [7, 11) is 0. The first kappa shape index (κ1) is 11.4. The van der Waals surface area contributed by atoms with E-state index in [9.17, 15) is 4.79 Å². The molecule has 0 aromatic rings. The molecule has 2 heteroatoms. The number of halogens is 1. The molecular formula is C13H21ClO. The van der Waals surface area contributed by atoms with E-state index >= 15 is 0 Å². The number of carbonyl (C=O) groups is 1. The molecule has 0 heterocycles. The number of fused-ring (bicyclic) bond motifs is 1. The van der Waals surface area contributed by atoms with Gasteiger partial charge in [0.1, 0.15) is 5.78 Å². The Morgan fingerprint density at radius 3 is 2.73 bits per heavy atom. The summed E-state index contributed by atoms with van der Waals surface area (Å²) < 4.78 is 0. The minimum Gasteiger partial charge on any atom is -0.299 e. The smallest absolute Gasteiger partial charge is 0.136 e. The molecule has 0 unspecified atom stereocenters. The van der Waals surface area contributed by atoms with E-state index in [0.29, 0.717) is 17.6 Å². The number of hydrogen-bond donors (Lipinski definition) is 0. The Balaban J connectivity index is 2.27. The van der Waals surface area contributed by atoms with Crippen LogP contribution < -0.4 is 0 Å². The summed E-state index contributed by atoms with van der Waals surface area (Å²) in [5.41, 5.74) is 0.222. The van der Waals surface area contributed by atoms with Gasteiger partial charge in [-0.1, -0.05) is 20.8 Å². The highest BCUT2D eigenvalue weighted by atomic mass is 35.5. The summed E-state index contributed by atoms with van der Waals surface area (Å²) in [4.78, 5) is 12.1. The van der Waals surface area contributed by atoms with E-state index in [1.54, 1.807) is 0 Å². The molecule has 0 aromatic carbocycles. The molecule has 86 valence electrons. The summed E-state index contributed by atoms with van der Waals surface area (Å²) in [5.74, 6) is 1.91. The van der Waals surface area contributed by atoms with Crippen LogP contribution in [0.3, 0.4) is 0 Å². The van der Waals surface area contributed by atoms with Gasteiger partial charge in [-0.2, -0.15) is 0 Å². The second kappa shape index (κ2) is 3.76. The highest BCUT2D eigenvalue weighted by Gasteiger charge is 2.51. The lowest BCUT2D eigenvalue weighted by Gasteiger charge is -2.51. The van der Waals surface area contributed by atoms with Crippen LogP contribution in [0.15, 0.2) is 0 Å². The van der Waals surface area contributed by atoms with Crippen molar-refractivity contribution in [3.05, 3.63) is 0 Å². The van der Waals surface area contributed by atoms with Crippen molar-refractivity contribution in [2.75, 3.05) is 0 Å².